The fourth-order valence-corrected chi connectivity index (χ4v) is 2.58. The molecule has 2 rings (SSSR count). The van der Waals surface area contributed by atoms with Crippen LogP contribution in [0.3, 0.4) is 0 Å². The number of Topliss-reactive ketones (excluding diaryl/α,β-unsaturated/α-hetero) is 1. The molecule has 1 saturated carbocycles. The average molecular weight is 248 g/mol. The fourth-order valence-electron chi connectivity index (χ4n) is 2.58. The molecule has 0 aromatic heterocycles. The zero-order valence-electron chi connectivity index (χ0n) is 10.8. The largest absolute Gasteiger partial charge is 0.491 e. The van der Waals surface area contributed by atoms with Gasteiger partial charge in [-0.2, -0.15) is 0 Å². The van der Waals surface area contributed by atoms with Crippen LogP contribution in [0.4, 0.5) is 0 Å². The predicted molar refractivity (Wildman–Crippen MR) is 69.8 cm³/mol. The van der Waals surface area contributed by atoms with E-state index in [1.807, 2.05) is 31.2 Å². The van der Waals surface area contributed by atoms with Gasteiger partial charge in [0, 0.05) is 6.42 Å². The van der Waals surface area contributed by atoms with E-state index in [9.17, 15) is 4.79 Å². The maximum atomic E-state index is 12.2. The molecule has 3 nitrogen and oxygen atoms in total. The van der Waals surface area contributed by atoms with Crippen LogP contribution < -0.4 is 4.74 Å². The Labute approximate surface area is 108 Å². The molecule has 0 heterocycles. The number of hydrogen-bond donors (Lipinski definition) is 1. The second-order valence-electron chi connectivity index (χ2n) is 5.06. The number of aliphatic hydroxyl groups excluding tert-OH is 1. The molecule has 0 bridgehead atoms. The molecule has 0 radical (unpaired) electrons. The Hall–Kier alpha value is -1.35. The SMILES string of the molecule is CC1(c2cccc(OCCO)c2)CCCCC1=O. The van der Waals surface area contributed by atoms with Crippen LogP contribution in [0.2, 0.25) is 0 Å². The molecule has 1 aliphatic carbocycles. The summed E-state index contributed by atoms with van der Waals surface area (Å²) >= 11 is 0. The summed E-state index contributed by atoms with van der Waals surface area (Å²) in [5.41, 5.74) is 0.666. The lowest BCUT2D eigenvalue weighted by Crippen LogP contribution is -2.35. The maximum Gasteiger partial charge on any atom is 0.143 e. The van der Waals surface area contributed by atoms with Gasteiger partial charge in [0.05, 0.1) is 12.0 Å². The van der Waals surface area contributed by atoms with Gasteiger partial charge in [-0.1, -0.05) is 18.6 Å². The molecule has 18 heavy (non-hydrogen) atoms. The van der Waals surface area contributed by atoms with Crippen LogP contribution in [-0.2, 0) is 10.2 Å². The van der Waals surface area contributed by atoms with Crippen LogP contribution in [-0.4, -0.2) is 24.1 Å². The van der Waals surface area contributed by atoms with Crippen LogP contribution in [0.15, 0.2) is 24.3 Å². The topological polar surface area (TPSA) is 46.5 Å². The first kappa shape index (κ1) is 13.1. The lowest BCUT2D eigenvalue weighted by Gasteiger charge is -2.32. The predicted octanol–water partition coefficient (Wildman–Crippen LogP) is 2.46. The van der Waals surface area contributed by atoms with E-state index in [2.05, 4.69) is 0 Å². The molecule has 1 N–H and O–H groups in total. The van der Waals surface area contributed by atoms with Crippen LogP contribution in [0, 0.1) is 0 Å². The summed E-state index contributed by atoms with van der Waals surface area (Å²) in [4.78, 5) is 12.2. The van der Waals surface area contributed by atoms with Gasteiger partial charge in [0.1, 0.15) is 18.1 Å². The van der Waals surface area contributed by atoms with Crippen molar-refractivity contribution < 1.29 is 14.6 Å². The highest BCUT2D eigenvalue weighted by atomic mass is 16.5. The lowest BCUT2D eigenvalue weighted by atomic mass is 9.70. The molecule has 3 heteroatoms. The molecule has 1 fully saturated rings. The first-order valence-corrected chi connectivity index (χ1v) is 6.54. The van der Waals surface area contributed by atoms with Gasteiger partial charge in [-0.05, 0) is 37.5 Å². The number of benzene rings is 1. The second-order valence-corrected chi connectivity index (χ2v) is 5.06. The van der Waals surface area contributed by atoms with E-state index in [1.54, 1.807) is 0 Å². The van der Waals surface area contributed by atoms with Crippen molar-refractivity contribution in [3.63, 3.8) is 0 Å². The van der Waals surface area contributed by atoms with Gasteiger partial charge in [0.2, 0.25) is 0 Å². The Bertz CT molecular complexity index is 428. The average Bonchev–Trinajstić information content (AvgIpc) is 2.40. The van der Waals surface area contributed by atoms with Gasteiger partial charge in [-0.3, -0.25) is 4.79 Å². The zero-order chi connectivity index (χ0) is 13.0. The third-order valence-electron chi connectivity index (χ3n) is 3.78. The number of ketones is 1. The van der Waals surface area contributed by atoms with Gasteiger partial charge in [-0.25, -0.2) is 0 Å². The van der Waals surface area contributed by atoms with Crippen molar-refractivity contribution in [1.82, 2.24) is 0 Å². The standard InChI is InChI=1S/C15H20O3/c1-15(8-3-2-7-14(15)17)12-5-4-6-13(11-12)18-10-9-16/h4-6,11,16H,2-3,7-10H2,1H3. The molecular formula is C15H20O3. The smallest absolute Gasteiger partial charge is 0.143 e. The Morgan fingerprint density at radius 2 is 2.22 bits per heavy atom. The zero-order valence-corrected chi connectivity index (χ0v) is 10.8. The summed E-state index contributed by atoms with van der Waals surface area (Å²) in [5.74, 6) is 1.05. The summed E-state index contributed by atoms with van der Waals surface area (Å²) < 4.78 is 5.41. The molecule has 0 saturated heterocycles. The van der Waals surface area contributed by atoms with E-state index in [1.165, 1.54) is 0 Å². The number of aliphatic hydroxyl groups is 1. The van der Waals surface area contributed by atoms with Gasteiger partial charge in [0.15, 0.2) is 0 Å². The molecule has 0 spiro atoms. The first-order chi connectivity index (χ1) is 8.66. The van der Waals surface area contributed by atoms with Crippen molar-refractivity contribution in [2.45, 2.75) is 38.0 Å². The molecule has 1 atom stereocenters. The second kappa shape index (κ2) is 5.53. The minimum absolute atomic E-state index is 0.000423. The molecular weight excluding hydrogens is 228 g/mol. The monoisotopic (exact) mass is 248 g/mol. The van der Waals surface area contributed by atoms with Gasteiger partial charge >= 0.3 is 0 Å². The van der Waals surface area contributed by atoms with E-state index in [0.717, 1.165) is 30.6 Å². The Morgan fingerprint density at radius 1 is 1.39 bits per heavy atom. The van der Waals surface area contributed by atoms with Gasteiger partial charge in [-0.15, -0.1) is 0 Å². The maximum absolute atomic E-state index is 12.2. The van der Waals surface area contributed by atoms with E-state index < -0.39 is 0 Å². The summed E-state index contributed by atoms with van der Waals surface area (Å²) in [6.45, 7) is 2.31. The third-order valence-corrected chi connectivity index (χ3v) is 3.78. The minimum Gasteiger partial charge on any atom is -0.491 e. The van der Waals surface area contributed by atoms with Crippen molar-refractivity contribution in [2.24, 2.45) is 0 Å². The summed E-state index contributed by atoms with van der Waals surface area (Å²) in [5, 5.41) is 8.76. The van der Waals surface area contributed by atoms with Crippen LogP contribution >= 0.6 is 0 Å². The number of rotatable bonds is 4. The quantitative estimate of drug-likeness (QED) is 0.890. The molecule has 0 amide bonds. The molecule has 0 aliphatic heterocycles. The highest BCUT2D eigenvalue weighted by Gasteiger charge is 2.36. The van der Waals surface area contributed by atoms with E-state index in [4.69, 9.17) is 9.84 Å². The fraction of sp³-hybridized carbons (Fsp3) is 0.533. The number of carbonyl (C=O) groups is 1. The van der Waals surface area contributed by atoms with Crippen LogP contribution in [0.5, 0.6) is 5.75 Å². The highest BCUT2D eigenvalue weighted by Crippen LogP contribution is 2.37. The third kappa shape index (κ3) is 2.56. The minimum atomic E-state index is -0.364. The van der Waals surface area contributed by atoms with Crippen LogP contribution in [0.25, 0.3) is 0 Å². The van der Waals surface area contributed by atoms with Gasteiger partial charge < -0.3 is 9.84 Å². The lowest BCUT2D eigenvalue weighted by molar-refractivity contribution is -0.125. The highest BCUT2D eigenvalue weighted by molar-refractivity contribution is 5.90. The Balaban J connectivity index is 2.23. The number of hydrogen-bond acceptors (Lipinski definition) is 3. The van der Waals surface area contributed by atoms with Gasteiger partial charge in [0.25, 0.3) is 0 Å². The molecule has 1 aromatic carbocycles. The first-order valence-electron chi connectivity index (χ1n) is 6.54. The number of ether oxygens (including phenoxy) is 1. The van der Waals surface area contributed by atoms with Crippen LogP contribution in [0.1, 0.15) is 38.2 Å². The van der Waals surface area contributed by atoms with Crippen molar-refractivity contribution in [2.75, 3.05) is 13.2 Å². The van der Waals surface area contributed by atoms with E-state index >= 15 is 0 Å². The Morgan fingerprint density at radius 3 is 2.94 bits per heavy atom. The van der Waals surface area contributed by atoms with Crippen molar-refractivity contribution in [3.8, 4) is 5.75 Å². The number of carbonyl (C=O) groups excluding carboxylic acids is 1. The molecule has 98 valence electrons. The summed E-state index contributed by atoms with van der Waals surface area (Å²) in [6, 6.07) is 7.69. The van der Waals surface area contributed by atoms with E-state index in [0.29, 0.717) is 12.2 Å². The molecule has 1 aliphatic rings. The summed E-state index contributed by atoms with van der Waals surface area (Å²) in [6.07, 6.45) is 3.70. The Kier molecular flexibility index (Phi) is 4.02. The molecule has 1 aromatic rings. The molecule has 1 unspecified atom stereocenters. The summed E-state index contributed by atoms with van der Waals surface area (Å²) in [7, 11) is 0. The normalized spacial score (nSPS) is 24.0. The van der Waals surface area contributed by atoms with Crippen molar-refractivity contribution in [1.29, 1.82) is 0 Å². The van der Waals surface area contributed by atoms with Crippen molar-refractivity contribution in [3.05, 3.63) is 29.8 Å². The van der Waals surface area contributed by atoms with Crippen molar-refractivity contribution >= 4 is 5.78 Å². The van der Waals surface area contributed by atoms with E-state index in [-0.39, 0.29) is 18.6 Å².